The van der Waals surface area contributed by atoms with Crippen LogP contribution in [0.5, 0.6) is 0 Å². The fourth-order valence-corrected chi connectivity index (χ4v) is 1.73. The Labute approximate surface area is 94.8 Å². The van der Waals surface area contributed by atoms with Gasteiger partial charge in [0, 0.05) is 45.6 Å². The fourth-order valence-electron chi connectivity index (χ4n) is 1.73. The molecule has 1 aliphatic rings. The van der Waals surface area contributed by atoms with Gasteiger partial charge in [-0.3, -0.25) is 4.99 Å². The summed E-state index contributed by atoms with van der Waals surface area (Å²) in [5.41, 5.74) is 5.76. The van der Waals surface area contributed by atoms with E-state index in [2.05, 4.69) is 24.8 Å². The van der Waals surface area contributed by atoms with Crippen molar-refractivity contribution in [3.05, 3.63) is 18.5 Å². The maximum atomic E-state index is 5.76. The molecular weight excluding hydrogens is 204 g/mol. The van der Waals surface area contributed by atoms with Crippen molar-refractivity contribution in [1.29, 1.82) is 0 Å². The molecular formula is C10H16N6. The molecule has 0 saturated carbocycles. The second kappa shape index (κ2) is 4.78. The van der Waals surface area contributed by atoms with Gasteiger partial charge in [0.15, 0.2) is 5.96 Å². The van der Waals surface area contributed by atoms with E-state index in [1.807, 2.05) is 6.07 Å². The zero-order valence-corrected chi connectivity index (χ0v) is 9.37. The highest BCUT2D eigenvalue weighted by Gasteiger charge is 2.19. The Morgan fingerprint density at radius 2 is 1.88 bits per heavy atom. The first-order chi connectivity index (χ1) is 7.81. The quantitative estimate of drug-likeness (QED) is 0.512. The summed E-state index contributed by atoms with van der Waals surface area (Å²) in [5.74, 6) is 1.39. The van der Waals surface area contributed by atoms with Crippen molar-refractivity contribution in [1.82, 2.24) is 14.9 Å². The number of nitrogens with two attached hydrogens (primary N) is 1. The van der Waals surface area contributed by atoms with Crippen LogP contribution in [0, 0.1) is 0 Å². The summed E-state index contributed by atoms with van der Waals surface area (Å²) >= 11 is 0. The first kappa shape index (κ1) is 10.7. The number of guanidine groups is 1. The van der Waals surface area contributed by atoms with E-state index in [9.17, 15) is 0 Å². The molecule has 0 unspecified atom stereocenters. The van der Waals surface area contributed by atoms with Crippen LogP contribution in [0.4, 0.5) is 5.95 Å². The summed E-state index contributed by atoms with van der Waals surface area (Å²) in [6.07, 6.45) is 3.52. The molecule has 1 aromatic rings. The number of piperazine rings is 1. The molecule has 2 N–H and O–H groups in total. The van der Waals surface area contributed by atoms with Crippen LogP contribution in [-0.4, -0.2) is 54.1 Å². The third-order valence-electron chi connectivity index (χ3n) is 2.67. The molecule has 1 saturated heterocycles. The monoisotopic (exact) mass is 220 g/mol. The van der Waals surface area contributed by atoms with Gasteiger partial charge in [-0.1, -0.05) is 0 Å². The highest BCUT2D eigenvalue weighted by Crippen LogP contribution is 2.08. The molecule has 2 rings (SSSR count). The molecule has 16 heavy (non-hydrogen) atoms. The minimum atomic E-state index is 0.605. The third kappa shape index (κ3) is 2.21. The van der Waals surface area contributed by atoms with E-state index in [1.165, 1.54) is 0 Å². The van der Waals surface area contributed by atoms with E-state index in [-0.39, 0.29) is 0 Å². The molecule has 0 atom stereocenters. The van der Waals surface area contributed by atoms with Gasteiger partial charge in [-0.15, -0.1) is 0 Å². The van der Waals surface area contributed by atoms with Gasteiger partial charge >= 0.3 is 0 Å². The molecule has 6 heteroatoms. The molecule has 6 nitrogen and oxygen atoms in total. The summed E-state index contributed by atoms with van der Waals surface area (Å²) in [5, 5.41) is 0. The number of hydrogen-bond acceptors (Lipinski definition) is 4. The maximum Gasteiger partial charge on any atom is 0.225 e. The number of rotatable bonds is 1. The summed E-state index contributed by atoms with van der Waals surface area (Å²) in [6.45, 7) is 3.48. The maximum absolute atomic E-state index is 5.76. The molecule has 0 amide bonds. The lowest BCUT2D eigenvalue weighted by molar-refractivity contribution is 0.379. The van der Waals surface area contributed by atoms with Crippen LogP contribution in [-0.2, 0) is 0 Å². The molecule has 2 heterocycles. The highest BCUT2D eigenvalue weighted by molar-refractivity contribution is 5.78. The Bertz CT molecular complexity index is 355. The third-order valence-corrected chi connectivity index (χ3v) is 2.67. The smallest absolute Gasteiger partial charge is 0.225 e. The van der Waals surface area contributed by atoms with Gasteiger partial charge in [0.2, 0.25) is 5.95 Å². The minimum absolute atomic E-state index is 0.605. The number of nitrogens with zero attached hydrogens (tertiary/aromatic N) is 5. The molecule has 0 aromatic carbocycles. The van der Waals surface area contributed by atoms with Crippen LogP contribution in [0.3, 0.4) is 0 Å². The van der Waals surface area contributed by atoms with Crippen LogP contribution < -0.4 is 10.6 Å². The number of hydrogen-bond donors (Lipinski definition) is 1. The first-order valence-corrected chi connectivity index (χ1v) is 5.30. The van der Waals surface area contributed by atoms with Gasteiger partial charge < -0.3 is 15.5 Å². The molecule has 0 bridgehead atoms. The van der Waals surface area contributed by atoms with Crippen LogP contribution in [0.25, 0.3) is 0 Å². The molecule has 86 valence electrons. The second-order valence-corrected chi connectivity index (χ2v) is 3.60. The zero-order valence-electron chi connectivity index (χ0n) is 9.37. The summed E-state index contributed by atoms with van der Waals surface area (Å²) in [7, 11) is 1.71. The van der Waals surface area contributed by atoms with Gasteiger partial charge in [0.05, 0.1) is 0 Å². The zero-order chi connectivity index (χ0) is 11.4. The standard InChI is InChI=1S/C10H16N6/c1-12-9(11)15-5-7-16(8-6-15)10-13-3-2-4-14-10/h2-4H,5-8H2,1H3,(H2,11,12). The molecule has 1 aliphatic heterocycles. The van der Waals surface area contributed by atoms with Crippen molar-refractivity contribution >= 4 is 11.9 Å². The Morgan fingerprint density at radius 1 is 1.25 bits per heavy atom. The SMILES string of the molecule is CN=C(N)N1CCN(c2ncccn2)CC1. The first-order valence-electron chi connectivity index (χ1n) is 5.30. The van der Waals surface area contributed by atoms with E-state index in [1.54, 1.807) is 19.4 Å². The average molecular weight is 220 g/mol. The van der Waals surface area contributed by atoms with Crippen molar-refractivity contribution in [2.75, 3.05) is 38.1 Å². The van der Waals surface area contributed by atoms with Crippen molar-refractivity contribution < 1.29 is 0 Å². The summed E-state index contributed by atoms with van der Waals surface area (Å²) < 4.78 is 0. The summed E-state index contributed by atoms with van der Waals surface area (Å²) in [6, 6.07) is 1.82. The van der Waals surface area contributed by atoms with Gasteiger partial charge in [0.25, 0.3) is 0 Å². The summed E-state index contributed by atoms with van der Waals surface area (Å²) in [4.78, 5) is 16.7. The number of aromatic nitrogens is 2. The molecule has 0 radical (unpaired) electrons. The molecule has 1 fully saturated rings. The molecule has 1 aromatic heterocycles. The van der Waals surface area contributed by atoms with E-state index in [0.29, 0.717) is 5.96 Å². The second-order valence-electron chi connectivity index (χ2n) is 3.60. The van der Waals surface area contributed by atoms with E-state index in [4.69, 9.17) is 5.73 Å². The fraction of sp³-hybridized carbons (Fsp3) is 0.500. The Morgan fingerprint density at radius 3 is 2.44 bits per heavy atom. The van der Waals surface area contributed by atoms with Crippen molar-refractivity contribution in [2.45, 2.75) is 0 Å². The van der Waals surface area contributed by atoms with Crippen LogP contribution in [0.2, 0.25) is 0 Å². The van der Waals surface area contributed by atoms with E-state index in [0.717, 1.165) is 32.1 Å². The topological polar surface area (TPSA) is 70.6 Å². The lowest BCUT2D eigenvalue weighted by atomic mass is 10.3. The van der Waals surface area contributed by atoms with Crippen LogP contribution in [0.15, 0.2) is 23.5 Å². The molecule has 0 spiro atoms. The van der Waals surface area contributed by atoms with Gasteiger partial charge in [0.1, 0.15) is 0 Å². The Hall–Kier alpha value is -1.85. The average Bonchev–Trinajstić information content (AvgIpc) is 2.39. The number of anilines is 1. The van der Waals surface area contributed by atoms with E-state index >= 15 is 0 Å². The molecule has 0 aliphatic carbocycles. The van der Waals surface area contributed by atoms with Crippen LogP contribution >= 0.6 is 0 Å². The normalized spacial score (nSPS) is 17.7. The largest absolute Gasteiger partial charge is 0.370 e. The van der Waals surface area contributed by atoms with E-state index < -0.39 is 0 Å². The van der Waals surface area contributed by atoms with Crippen molar-refractivity contribution in [3.63, 3.8) is 0 Å². The highest BCUT2D eigenvalue weighted by atomic mass is 15.3. The van der Waals surface area contributed by atoms with Crippen LogP contribution in [0.1, 0.15) is 0 Å². The van der Waals surface area contributed by atoms with Gasteiger partial charge in [-0.05, 0) is 6.07 Å². The minimum Gasteiger partial charge on any atom is -0.370 e. The number of aliphatic imine (C=N–C) groups is 1. The van der Waals surface area contributed by atoms with Crippen molar-refractivity contribution in [2.24, 2.45) is 10.7 Å². The van der Waals surface area contributed by atoms with Gasteiger partial charge in [-0.2, -0.15) is 0 Å². The van der Waals surface area contributed by atoms with Gasteiger partial charge in [-0.25, -0.2) is 9.97 Å². The predicted octanol–water partition coefficient (Wildman–Crippen LogP) is -0.457. The van der Waals surface area contributed by atoms with Crippen molar-refractivity contribution in [3.8, 4) is 0 Å². The Balaban J connectivity index is 1.96. The lowest BCUT2D eigenvalue weighted by Gasteiger charge is -2.35. The predicted molar refractivity (Wildman–Crippen MR) is 63.4 cm³/mol. The lowest BCUT2D eigenvalue weighted by Crippen LogP contribution is -2.51. The Kier molecular flexibility index (Phi) is 3.19.